The Bertz CT molecular complexity index is 936. The number of carbonyl (C=O) groups is 1. The molecule has 1 aliphatic rings. The maximum atomic E-state index is 12.3. The molecule has 35 heavy (non-hydrogen) atoms. The summed E-state index contributed by atoms with van der Waals surface area (Å²) in [4.78, 5) is 12.3. The van der Waals surface area contributed by atoms with Gasteiger partial charge in [-0.3, -0.25) is 4.79 Å². The van der Waals surface area contributed by atoms with E-state index in [1.807, 2.05) is 13.0 Å². The van der Waals surface area contributed by atoms with E-state index in [0.29, 0.717) is 17.6 Å². The minimum atomic E-state index is -0.113. The summed E-state index contributed by atoms with van der Waals surface area (Å²) in [5, 5.41) is 0. The van der Waals surface area contributed by atoms with E-state index in [9.17, 15) is 4.79 Å². The molecule has 2 aromatic rings. The van der Waals surface area contributed by atoms with Gasteiger partial charge in [0.1, 0.15) is 5.75 Å². The lowest BCUT2D eigenvalue weighted by Crippen LogP contribution is -2.30. The van der Waals surface area contributed by atoms with Crippen molar-refractivity contribution >= 4 is 5.97 Å². The first kappa shape index (κ1) is 27.5. The van der Waals surface area contributed by atoms with Gasteiger partial charge in [0, 0.05) is 6.42 Å². The predicted octanol–water partition coefficient (Wildman–Crippen LogP) is 10.0. The highest BCUT2D eigenvalue weighted by atomic mass is 16.5. The van der Waals surface area contributed by atoms with Crippen LogP contribution in [0.25, 0.3) is 11.1 Å². The molecule has 0 heterocycles. The van der Waals surface area contributed by atoms with Gasteiger partial charge in [-0.2, -0.15) is 0 Å². The molecular formula is C33H48O2. The minimum Gasteiger partial charge on any atom is -0.426 e. The van der Waals surface area contributed by atoms with Gasteiger partial charge in [0.2, 0.25) is 0 Å². The van der Waals surface area contributed by atoms with Crippen LogP contribution in [0.15, 0.2) is 36.4 Å². The van der Waals surface area contributed by atoms with Gasteiger partial charge in [-0.05, 0) is 84.9 Å². The zero-order valence-corrected chi connectivity index (χ0v) is 22.9. The van der Waals surface area contributed by atoms with Crippen LogP contribution >= 0.6 is 0 Å². The van der Waals surface area contributed by atoms with Crippen molar-refractivity contribution in [1.82, 2.24) is 0 Å². The first-order valence-electron chi connectivity index (χ1n) is 14.4. The van der Waals surface area contributed by atoms with Crippen molar-refractivity contribution in [2.75, 3.05) is 0 Å². The highest BCUT2D eigenvalue weighted by molar-refractivity contribution is 5.74. The molecular weight excluding hydrogens is 428 g/mol. The number of benzene rings is 2. The number of hydrogen-bond donors (Lipinski definition) is 0. The first-order valence-corrected chi connectivity index (χ1v) is 14.4. The molecule has 0 aliphatic heterocycles. The molecule has 1 aliphatic carbocycles. The average molecular weight is 477 g/mol. The second kappa shape index (κ2) is 13.9. The zero-order valence-electron chi connectivity index (χ0n) is 22.9. The fourth-order valence-electron chi connectivity index (χ4n) is 6.02. The Kier molecular flexibility index (Phi) is 10.9. The van der Waals surface area contributed by atoms with Gasteiger partial charge >= 0.3 is 5.97 Å². The van der Waals surface area contributed by atoms with Gasteiger partial charge in [-0.1, -0.05) is 102 Å². The van der Waals surface area contributed by atoms with E-state index >= 15 is 0 Å². The molecule has 0 spiro atoms. The Labute approximate surface area is 214 Å². The van der Waals surface area contributed by atoms with Crippen LogP contribution in [-0.4, -0.2) is 5.97 Å². The van der Waals surface area contributed by atoms with Crippen molar-refractivity contribution in [2.24, 2.45) is 0 Å². The fraction of sp³-hybridized carbons (Fsp3) is 0.606. The van der Waals surface area contributed by atoms with E-state index in [4.69, 9.17) is 4.74 Å². The maximum Gasteiger partial charge on any atom is 0.311 e. The van der Waals surface area contributed by atoms with E-state index in [2.05, 4.69) is 51.1 Å². The summed E-state index contributed by atoms with van der Waals surface area (Å²) in [5.74, 6) is 0.580. The second-order valence-electron chi connectivity index (χ2n) is 10.9. The van der Waals surface area contributed by atoms with Crippen LogP contribution in [0.2, 0.25) is 0 Å². The number of carbonyl (C=O) groups excluding carboxylic acids is 1. The van der Waals surface area contributed by atoms with Crippen LogP contribution in [0.1, 0.15) is 127 Å². The second-order valence-corrected chi connectivity index (χ2v) is 10.9. The maximum absolute atomic E-state index is 12.3. The lowest BCUT2D eigenvalue weighted by Gasteiger charge is -2.39. The van der Waals surface area contributed by atoms with Crippen LogP contribution in [0.3, 0.4) is 0 Å². The third-order valence-electron chi connectivity index (χ3n) is 8.08. The molecule has 0 bridgehead atoms. The molecule has 1 fully saturated rings. The van der Waals surface area contributed by atoms with Crippen molar-refractivity contribution in [2.45, 2.75) is 129 Å². The molecule has 2 aromatic carbocycles. The van der Waals surface area contributed by atoms with Crippen LogP contribution < -0.4 is 4.74 Å². The Balaban J connectivity index is 1.69. The topological polar surface area (TPSA) is 26.3 Å². The average Bonchev–Trinajstić information content (AvgIpc) is 2.86. The molecule has 0 radical (unpaired) electrons. The lowest BCUT2D eigenvalue weighted by molar-refractivity contribution is -0.134. The summed E-state index contributed by atoms with van der Waals surface area (Å²) in [6.45, 7) is 8.85. The van der Waals surface area contributed by atoms with Crippen LogP contribution in [0.5, 0.6) is 5.75 Å². The molecule has 1 saturated carbocycles. The standard InChI is InChI=1S/C33H48O2/c1-5-7-9-10-12-16-32(34)35-31-20-18-29(25-27(31)4)28-17-19-30(26(3)24-28)33(21-13-8-6-2)22-14-11-15-23-33/h17-20,24-25H,5-16,21-23H2,1-4H3. The fourth-order valence-corrected chi connectivity index (χ4v) is 6.02. The monoisotopic (exact) mass is 476 g/mol. The quantitative estimate of drug-likeness (QED) is 0.163. The summed E-state index contributed by atoms with van der Waals surface area (Å²) in [6.07, 6.45) is 18.3. The number of unbranched alkanes of at least 4 members (excludes halogenated alkanes) is 6. The third kappa shape index (κ3) is 7.69. The molecule has 2 nitrogen and oxygen atoms in total. The van der Waals surface area contributed by atoms with E-state index < -0.39 is 0 Å². The van der Waals surface area contributed by atoms with Gasteiger partial charge in [0.25, 0.3) is 0 Å². The molecule has 0 unspecified atom stereocenters. The smallest absolute Gasteiger partial charge is 0.311 e. The van der Waals surface area contributed by atoms with Crippen LogP contribution in [0.4, 0.5) is 0 Å². The van der Waals surface area contributed by atoms with Crippen molar-refractivity contribution in [3.63, 3.8) is 0 Å². The Morgan fingerprint density at radius 2 is 1.40 bits per heavy atom. The summed E-state index contributed by atoms with van der Waals surface area (Å²) in [7, 11) is 0. The zero-order chi connectivity index (χ0) is 25.1. The molecule has 0 saturated heterocycles. The highest BCUT2D eigenvalue weighted by Crippen LogP contribution is 2.45. The summed E-state index contributed by atoms with van der Waals surface area (Å²) in [5.41, 5.74) is 6.85. The van der Waals surface area contributed by atoms with Gasteiger partial charge in [0.05, 0.1) is 0 Å². The largest absolute Gasteiger partial charge is 0.426 e. The third-order valence-corrected chi connectivity index (χ3v) is 8.08. The molecule has 0 N–H and O–H groups in total. The molecule has 0 amide bonds. The van der Waals surface area contributed by atoms with Gasteiger partial charge in [-0.25, -0.2) is 0 Å². The molecule has 192 valence electrons. The van der Waals surface area contributed by atoms with E-state index in [0.717, 1.165) is 18.4 Å². The SMILES string of the molecule is CCCCCCCC(=O)Oc1ccc(-c2ccc(C3(CCCCC)CCCCC3)c(C)c2)cc1C. The highest BCUT2D eigenvalue weighted by Gasteiger charge is 2.34. The summed E-state index contributed by atoms with van der Waals surface area (Å²) >= 11 is 0. The number of rotatable bonds is 13. The molecule has 0 aromatic heterocycles. The number of aryl methyl sites for hydroxylation is 2. The first-order chi connectivity index (χ1) is 17.0. The Morgan fingerprint density at radius 1 is 0.771 bits per heavy atom. The van der Waals surface area contributed by atoms with E-state index in [1.54, 1.807) is 5.56 Å². The minimum absolute atomic E-state index is 0.113. The van der Waals surface area contributed by atoms with E-state index in [-0.39, 0.29) is 5.97 Å². The van der Waals surface area contributed by atoms with Crippen LogP contribution in [0, 0.1) is 13.8 Å². The molecule has 3 rings (SSSR count). The van der Waals surface area contributed by atoms with Crippen LogP contribution in [-0.2, 0) is 10.2 Å². The predicted molar refractivity (Wildman–Crippen MR) is 149 cm³/mol. The van der Waals surface area contributed by atoms with Gasteiger partial charge in [-0.15, -0.1) is 0 Å². The van der Waals surface area contributed by atoms with Crippen molar-refractivity contribution < 1.29 is 9.53 Å². The lowest BCUT2D eigenvalue weighted by atomic mass is 9.65. The van der Waals surface area contributed by atoms with E-state index in [1.165, 1.54) is 93.7 Å². The normalized spacial score (nSPS) is 15.2. The van der Waals surface area contributed by atoms with Gasteiger partial charge < -0.3 is 4.74 Å². The van der Waals surface area contributed by atoms with Gasteiger partial charge in [0.15, 0.2) is 0 Å². The van der Waals surface area contributed by atoms with Crippen molar-refractivity contribution in [3.8, 4) is 16.9 Å². The summed E-state index contributed by atoms with van der Waals surface area (Å²) < 4.78 is 5.69. The van der Waals surface area contributed by atoms with Crippen molar-refractivity contribution in [1.29, 1.82) is 0 Å². The Morgan fingerprint density at radius 3 is 2.06 bits per heavy atom. The molecule has 0 atom stereocenters. The summed E-state index contributed by atoms with van der Waals surface area (Å²) in [6, 6.07) is 13.3. The van der Waals surface area contributed by atoms with Crippen molar-refractivity contribution in [3.05, 3.63) is 53.1 Å². The number of hydrogen-bond acceptors (Lipinski definition) is 2. The number of ether oxygens (including phenoxy) is 1. The molecule has 2 heteroatoms. The number of esters is 1. The Hall–Kier alpha value is -2.09.